The van der Waals surface area contributed by atoms with Gasteiger partial charge in [0.2, 0.25) is 6.29 Å². The monoisotopic (exact) mass is 176 g/mol. The zero-order valence-corrected chi connectivity index (χ0v) is 7.49. The SMILES string of the molecule is CCC[C@H](O)OC(=O)[C@@H](O)CC. The number of aliphatic hydroxyl groups excluding tert-OH is 2. The Kier molecular flexibility index (Phi) is 5.66. The fourth-order valence-corrected chi connectivity index (χ4v) is 0.685. The summed E-state index contributed by atoms with van der Waals surface area (Å²) >= 11 is 0. The number of ether oxygens (including phenoxy) is 1. The molecule has 0 aliphatic carbocycles. The number of rotatable bonds is 5. The summed E-state index contributed by atoms with van der Waals surface area (Å²) in [7, 11) is 0. The van der Waals surface area contributed by atoms with Gasteiger partial charge in [-0.15, -0.1) is 0 Å². The van der Waals surface area contributed by atoms with E-state index in [9.17, 15) is 4.79 Å². The maximum Gasteiger partial charge on any atom is 0.337 e. The Morgan fingerprint density at radius 2 is 2.00 bits per heavy atom. The average molecular weight is 176 g/mol. The molecular formula is C8H16O4. The van der Waals surface area contributed by atoms with Crippen LogP contribution in [0.25, 0.3) is 0 Å². The van der Waals surface area contributed by atoms with E-state index in [1.54, 1.807) is 6.92 Å². The first-order valence-electron chi connectivity index (χ1n) is 4.18. The molecule has 0 heterocycles. The van der Waals surface area contributed by atoms with Crippen LogP contribution in [0.5, 0.6) is 0 Å². The van der Waals surface area contributed by atoms with E-state index in [1.807, 2.05) is 6.92 Å². The standard InChI is InChI=1S/C8H16O4/c1-3-5-7(10)12-8(11)6(9)4-2/h6-7,9-10H,3-5H2,1-2H3/t6-,7+/m0/s1. The van der Waals surface area contributed by atoms with Crippen LogP contribution < -0.4 is 0 Å². The molecule has 72 valence electrons. The second kappa shape index (κ2) is 5.97. The molecule has 12 heavy (non-hydrogen) atoms. The van der Waals surface area contributed by atoms with Gasteiger partial charge in [-0.1, -0.05) is 20.3 Å². The van der Waals surface area contributed by atoms with Crippen LogP contribution in [-0.4, -0.2) is 28.6 Å². The largest absolute Gasteiger partial charge is 0.434 e. The van der Waals surface area contributed by atoms with Crippen LogP contribution in [0.1, 0.15) is 33.1 Å². The fraction of sp³-hybridized carbons (Fsp3) is 0.875. The lowest BCUT2D eigenvalue weighted by atomic mass is 10.3. The van der Waals surface area contributed by atoms with Crippen LogP contribution in [0.3, 0.4) is 0 Å². The molecule has 0 radical (unpaired) electrons. The molecule has 4 heteroatoms. The van der Waals surface area contributed by atoms with E-state index >= 15 is 0 Å². The minimum atomic E-state index is -1.11. The van der Waals surface area contributed by atoms with Gasteiger partial charge in [-0.05, 0) is 6.42 Å². The summed E-state index contributed by atoms with van der Waals surface area (Å²) in [5, 5.41) is 18.0. The lowest BCUT2D eigenvalue weighted by Gasteiger charge is -2.13. The van der Waals surface area contributed by atoms with Crippen molar-refractivity contribution in [1.29, 1.82) is 0 Å². The van der Waals surface area contributed by atoms with Crippen molar-refractivity contribution in [1.82, 2.24) is 0 Å². The van der Waals surface area contributed by atoms with Crippen LogP contribution in [0, 0.1) is 0 Å². The molecule has 0 amide bonds. The number of carbonyl (C=O) groups is 1. The molecule has 0 saturated carbocycles. The topological polar surface area (TPSA) is 66.8 Å². The van der Waals surface area contributed by atoms with Crippen molar-refractivity contribution in [3.63, 3.8) is 0 Å². The second-order valence-corrected chi connectivity index (χ2v) is 2.60. The smallest absolute Gasteiger partial charge is 0.337 e. The Morgan fingerprint density at radius 3 is 2.42 bits per heavy atom. The van der Waals surface area contributed by atoms with Gasteiger partial charge in [-0.25, -0.2) is 4.79 Å². The lowest BCUT2D eigenvalue weighted by molar-refractivity contribution is -0.178. The molecule has 2 atom stereocenters. The average Bonchev–Trinajstić information content (AvgIpc) is 2.03. The highest BCUT2D eigenvalue weighted by molar-refractivity contribution is 5.74. The molecule has 4 nitrogen and oxygen atoms in total. The van der Waals surface area contributed by atoms with E-state index in [-0.39, 0.29) is 0 Å². The third-order valence-electron chi connectivity index (χ3n) is 1.45. The Balaban J connectivity index is 3.67. The first-order chi connectivity index (χ1) is 5.61. The normalized spacial score (nSPS) is 15.3. The van der Waals surface area contributed by atoms with Gasteiger partial charge in [-0.3, -0.25) is 0 Å². The highest BCUT2D eigenvalue weighted by Gasteiger charge is 2.17. The van der Waals surface area contributed by atoms with Crippen molar-refractivity contribution < 1.29 is 19.7 Å². The molecule has 0 rings (SSSR count). The maximum absolute atomic E-state index is 10.8. The Morgan fingerprint density at radius 1 is 1.42 bits per heavy atom. The predicted molar refractivity (Wildman–Crippen MR) is 43.3 cm³/mol. The third kappa shape index (κ3) is 4.31. The van der Waals surface area contributed by atoms with Crippen LogP contribution in [0.4, 0.5) is 0 Å². The van der Waals surface area contributed by atoms with Crippen LogP contribution in [0.15, 0.2) is 0 Å². The number of esters is 1. The first kappa shape index (κ1) is 11.4. The predicted octanol–water partition coefficient (Wildman–Crippen LogP) is 0.419. The summed E-state index contributed by atoms with van der Waals surface area (Å²) < 4.78 is 4.51. The lowest BCUT2D eigenvalue weighted by Crippen LogP contribution is -2.27. The van der Waals surface area contributed by atoms with E-state index in [0.29, 0.717) is 12.8 Å². The molecule has 0 unspecified atom stereocenters. The molecule has 0 spiro atoms. The summed E-state index contributed by atoms with van der Waals surface area (Å²) in [4.78, 5) is 10.8. The van der Waals surface area contributed by atoms with E-state index in [4.69, 9.17) is 10.2 Å². The minimum Gasteiger partial charge on any atom is -0.434 e. The molecule has 0 bridgehead atoms. The molecular weight excluding hydrogens is 160 g/mol. The van der Waals surface area contributed by atoms with Crippen molar-refractivity contribution in [3.05, 3.63) is 0 Å². The third-order valence-corrected chi connectivity index (χ3v) is 1.45. The number of aliphatic hydroxyl groups is 2. The summed E-state index contributed by atoms with van der Waals surface area (Å²) in [5.41, 5.74) is 0. The summed E-state index contributed by atoms with van der Waals surface area (Å²) in [6.45, 7) is 3.53. The molecule has 0 fully saturated rings. The fourth-order valence-electron chi connectivity index (χ4n) is 0.685. The molecule has 0 aromatic carbocycles. The van der Waals surface area contributed by atoms with E-state index in [2.05, 4.69) is 4.74 Å². The maximum atomic E-state index is 10.8. The number of hydrogen-bond acceptors (Lipinski definition) is 4. The molecule has 0 aliphatic rings. The molecule has 0 saturated heterocycles. The van der Waals surface area contributed by atoms with Crippen LogP contribution in [-0.2, 0) is 9.53 Å². The van der Waals surface area contributed by atoms with Crippen molar-refractivity contribution in [2.75, 3.05) is 0 Å². The molecule has 0 aliphatic heterocycles. The van der Waals surface area contributed by atoms with E-state index < -0.39 is 18.4 Å². The van der Waals surface area contributed by atoms with Gasteiger partial charge in [0.1, 0.15) is 0 Å². The van der Waals surface area contributed by atoms with Gasteiger partial charge in [0.15, 0.2) is 6.10 Å². The van der Waals surface area contributed by atoms with Crippen molar-refractivity contribution in [3.8, 4) is 0 Å². The van der Waals surface area contributed by atoms with Gasteiger partial charge >= 0.3 is 5.97 Å². The highest BCUT2D eigenvalue weighted by Crippen LogP contribution is 2.01. The zero-order valence-electron chi connectivity index (χ0n) is 7.49. The molecule has 0 aromatic rings. The van der Waals surface area contributed by atoms with Gasteiger partial charge in [-0.2, -0.15) is 0 Å². The highest BCUT2D eigenvalue weighted by atomic mass is 16.6. The second-order valence-electron chi connectivity index (χ2n) is 2.60. The Hall–Kier alpha value is -0.610. The number of carbonyl (C=O) groups excluding carboxylic acids is 1. The van der Waals surface area contributed by atoms with Gasteiger partial charge in [0.05, 0.1) is 0 Å². The summed E-state index contributed by atoms with van der Waals surface area (Å²) in [6, 6.07) is 0. The van der Waals surface area contributed by atoms with Crippen molar-refractivity contribution >= 4 is 5.97 Å². The number of hydrogen-bond donors (Lipinski definition) is 2. The van der Waals surface area contributed by atoms with Crippen molar-refractivity contribution in [2.45, 2.75) is 45.5 Å². The quantitative estimate of drug-likeness (QED) is 0.470. The van der Waals surface area contributed by atoms with Crippen molar-refractivity contribution in [2.24, 2.45) is 0 Å². The van der Waals surface area contributed by atoms with Gasteiger partial charge in [0, 0.05) is 6.42 Å². The summed E-state index contributed by atoms with van der Waals surface area (Å²) in [5.74, 6) is -0.751. The Labute approximate surface area is 72.2 Å². The molecule has 0 aromatic heterocycles. The first-order valence-corrected chi connectivity index (χ1v) is 4.18. The van der Waals surface area contributed by atoms with E-state index in [0.717, 1.165) is 6.42 Å². The van der Waals surface area contributed by atoms with Crippen LogP contribution in [0.2, 0.25) is 0 Å². The van der Waals surface area contributed by atoms with Gasteiger partial charge < -0.3 is 14.9 Å². The molecule has 2 N–H and O–H groups in total. The van der Waals surface area contributed by atoms with Gasteiger partial charge in [0.25, 0.3) is 0 Å². The van der Waals surface area contributed by atoms with E-state index in [1.165, 1.54) is 0 Å². The zero-order chi connectivity index (χ0) is 9.56. The minimum absolute atomic E-state index is 0.303. The summed E-state index contributed by atoms with van der Waals surface area (Å²) in [6.07, 6.45) is -0.753. The Bertz CT molecular complexity index is 135. The van der Waals surface area contributed by atoms with Crippen LogP contribution >= 0.6 is 0 Å².